The maximum atomic E-state index is 12.9. The Bertz CT molecular complexity index is 537. The molecule has 0 aliphatic carbocycles. The van der Waals surface area contributed by atoms with Gasteiger partial charge in [-0.2, -0.15) is 0 Å². The minimum absolute atomic E-state index is 0. The van der Waals surface area contributed by atoms with Gasteiger partial charge >= 0.3 is 0 Å². The Balaban J connectivity index is 0.00000208. The molecule has 1 fully saturated rings. The number of halogens is 1. The highest BCUT2D eigenvalue weighted by Gasteiger charge is 2.27. The van der Waals surface area contributed by atoms with E-state index in [9.17, 15) is 4.79 Å². The average molecular weight is 370 g/mol. The molecule has 4 nitrogen and oxygen atoms in total. The van der Waals surface area contributed by atoms with Crippen molar-refractivity contribution < 1.29 is 4.79 Å². The van der Waals surface area contributed by atoms with Crippen molar-refractivity contribution in [2.24, 2.45) is 0 Å². The Labute approximate surface area is 155 Å². The molecule has 3 rings (SSSR count). The summed E-state index contributed by atoms with van der Waals surface area (Å²) in [6.45, 7) is 6.74. The van der Waals surface area contributed by atoms with Crippen LogP contribution in [0.3, 0.4) is 0 Å². The second-order valence-corrected chi connectivity index (χ2v) is 7.45. The van der Waals surface area contributed by atoms with E-state index in [1.807, 2.05) is 22.7 Å². The SMILES string of the molecule is CCCN(CC(=O)N1CCSc2ccccc21)C1CCNCC1.Cl. The number of thioether (sulfide) groups is 1. The van der Waals surface area contributed by atoms with Gasteiger partial charge in [0.05, 0.1) is 12.2 Å². The summed E-state index contributed by atoms with van der Waals surface area (Å²) in [5.74, 6) is 1.24. The summed E-state index contributed by atoms with van der Waals surface area (Å²) in [5.41, 5.74) is 1.09. The monoisotopic (exact) mass is 369 g/mol. The fraction of sp³-hybridized carbons (Fsp3) is 0.611. The third-order valence-corrected chi connectivity index (χ3v) is 5.75. The summed E-state index contributed by atoms with van der Waals surface area (Å²) < 4.78 is 0. The van der Waals surface area contributed by atoms with Crippen LogP contribution in [0.4, 0.5) is 5.69 Å². The topological polar surface area (TPSA) is 35.6 Å². The van der Waals surface area contributed by atoms with Crippen LogP contribution in [0.1, 0.15) is 26.2 Å². The Kier molecular flexibility index (Phi) is 7.88. The van der Waals surface area contributed by atoms with Gasteiger partial charge in [-0.25, -0.2) is 0 Å². The number of anilines is 1. The highest BCUT2D eigenvalue weighted by molar-refractivity contribution is 7.99. The zero-order valence-electron chi connectivity index (χ0n) is 14.4. The van der Waals surface area contributed by atoms with Gasteiger partial charge < -0.3 is 10.2 Å². The summed E-state index contributed by atoms with van der Waals surface area (Å²) in [4.78, 5) is 18.6. The van der Waals surface area contributed by atoms with Crippen molar-refractivity contribution in [1.29, 1.82) is 0 Å². The quantitative estimate of drug-likeness (QED) is 0.865. The molecule has 2 aliphatic rings. The molecule has 134 valence electrons. The van der Waals surface area contributed by atoms with Crippen LogP contribution in [-0.4, -0.2) is 55.3 Å². The second-order valence-electron chi connectivity index (χ2n) is 6.31. The zero-order valence-corrected chi connectivity index (χ0v) is 16.0. The first kappa shape index (κ1) is 19.6. The van der Waals surface area contributed by atoms with E-state index in [4.69, 9.17) is 0 Å². The molecule has 6 heteroatoms. The molecule has 0 aromatic heterocycles. The highest BCUT2D eigenvalue weighted by atomic mass is 35.5. The van der Waals surface area contributed by atoms with Gasteiger partial charge in [0, 0.05) is 23.2 Å². The lowest BCUT2D eigenvalue weighted by atomic mass is 10.0. The van der Waals surface area contributed by atoms with E-state index in [0.29, 0.717) is 12.6 Å². The van der Waals surface area contributed by atoms with Gasteiger partial charge in [0.2, 0.25) is 5.91 Å². The normalized spacial score (nSPS) is 18.2. The summed E-state index contributed by atoms with van der Waals surface area (Å²) in [6, 6.07) is 8.83. The molecular formula is C18H28ClN3OS. The maximum Gasteiger partial charge on any atom is 0.241 e. The number of hydrogen-bond acceptors (Lipinski definition) is 4. The number of para-hydroxylation sites is 1. The number of fused-ring (bicyclic) bond motifs is 1. The van der Waals surface area contributed by atoms with Crippen LogP contribution in [0.2, 0.25) is 0 Å². The van der Waals surface area contributed by atoms with Crippen LogP contribution < -0.4 is 10.2 Å². The molecule has 2 heterocycles. The van der Waals surface area contributed by atoms with Crippen molar-refractivity contribution in [2.75, 3.05) is 43.4 Å². The standard InChI is InChI=1S/C18H27N3OS.ClH/c1-2-11-20(15-7-9-19-10-8-15)14-18(22)21-12-13-23-17-6-4-3-5-16(17)21;/h3-6,15,19H,2,7-14H2,1H3;1H. The van der Waals surface area contributed by atoms with Crippen LogP contribution in [0.25, 0.3) is 0 Å². The number of nitrogens with zero attached hydrogens (tertiary/aromatic N) is 2. The van der Waals surface area contributed by atoms with E-state index in [2.05, 4.69) is 35.3 Å². The minimum atomic E-state index is 0. The number of benzene rings is 1. The molecule has 0 saturated carbocycles. The van der Waals surface area contributed by atoms with Crippen molar-refractivity contribution in [2.45, 2.75) is 37.1 Å². The van der Waals surface area contributed by atoms with Gasteiger partial charge in [-0.15, -0.1) is 24.2 Å². The molecular weight excluding hydrogens is 342 g/mol. The minimum Gasteiger partial charge on any atom is -0.317 e. The van der Waals surface area contributed by atoms with Crippen LogP contribution >= 0.6 is 24.2 Å². The molecule has 1 saturated heterocycles. The fourth-order valence-electron chi connectivity index (χ4n) is 3.54. The molecule has 1 N–H and O–H groups in total. The van der Waals surface area contributed by atoms with E-state index in [-0.39, 0.29) is 18.3 Å². The Morgan fingerprint density at radius 2 is 2.08 bits per heavy atom. The molecule has 2 aliphatic heterocycles. The number of piperidine rings is 1. The molecule has 0 spiro atoms. The highest BCUT2D eigenvalue weighted by Crippen LogP contribution is 2.34. The third-order valence-electron chi connectivity index (χ3n) is 4.70. The van der Waals surface area contributed by atoms with Gasteiger partial charge in [0.25, 0.3) is 0 Å². The Morgan fingerprint density at radius 3 is 2.83 bits per heavy atom. The summed E-state index contributed by atoms with van der Waals surface area (Å²) >= 11 is 1.85. The number of carbonyl (C=O) groups is 1. The smallest absolute Gasteiger partial charge is 0.241 e. The van der Waals surface area contributed by atoms with E-state index in [1.54, 1.807) is 0 Å². The molecule has 1 aromatic rings. The molecule has 0 radical (unpaired) electrons. The van der Waals surface area contributed by atoms with E-state index in [0.717, 1.165) is 56.9 Å². The van der Waals surface area contributed by atoms with Gasteiger partial charge in [0.15, 0.2) is 0 Å². The number of amides is 1. The molecule has 0 unspecified atom stereocenters. The number of rotatable bonds is 5. The fourth-order valence-corrected chi connectivity index (χ4v) is 4.53. The zero-order chi connectivity index (χ0) is 16.1. The number of nitrogens with one attached hydrogen (secondary N) is 1. The molecule has 0 atom stereocenters. The largest absolute Gasteiger partial charge is 0.317 e. The first-order chi connectivity index (χ1) is 11.3. The van der Waals surface area contributed by atoms with Crippen molar-refractivity contribution in [3.05, 3.63) is 24.3 Å². The van der Waals surface area contributed by atoms with E-state index in [1.165, 1.54) is 4.90 Å². The van der Waals surface area contributed by atoms with Gasteiger partial charge in [-0.05, 0) is 51.0 Å². The maximum absolute atomic E-state index is 12.9. The van der Waals surface area contributed by atoms with Crippen LogP contribution in [0.15, 0.2) is 29.2 Å². The van der Waals surface area contributed by atoms with Gasteiger partial charge in [0.1, 0.15) is 0 Å². The molecule has 1 amide bonds. The van der Waals surface area contributed by atoms with Gasteiger partial charge in [-0.1, -0.05) is 19.1 Å². The lowest BCUT2D eigenvalue weighted by Crippen LogP contribution is -2.49. The summed E-state index contributed by atoms with van der Waals surface area (Å²) in [7, 11) is 0. The van der Waals surface area contributed by atoms with Crippen molar-refractivity contribution >= 4 is 35.8 Å². The van der Waals surface area contributed by atoms with Gasteiger partial charge in [-0.3, -0.25) is 9.69 Å². The Hall–Kier alpha value is -0.750. The first-order valence-corrected chi connectivity index (χ1v) is 9.75. The molecule has 24 heavy (non-hydrogen) atoms. The van der Waals surface area contributed by atoms with Crippen LogP contribution in [0.5, 0.6) is 0 Å². The third kappa shape index (κ3) is 4.66. The van der Waals surface area contributed by atoms with E-state index < -0.39 is 0 Å². The second kappa shape index (κ2) is 9.66. The summed E-state index contributed by atoms with van der Waals surface area (Å²) in [6.07, 6.45) is 3.41. The lowest BCUT2D eigenvalue weighted by Gasteiger charge is -2.36. The van der Waals surface area contributed by atoms with Crippen LogP contribution in [0, 0.1) is 0 Å². The molecule has 0 bridgehead atoms. The van der Waals surface area contributed by atoms with Crippen LogP contribution in [-0.2, 0) is 4.79 Å². The predicted octanol–water partition coefficient (Wildman–Crippen LogP) is 3.01. The Morgan fingerprint density at radius 1 is 1.33 bits per heavy atom. The first-order valence-electron chi connectivity index (χ1n) is 8.76. The molecule has 1 aromatic carbocycles. The van der Waals surface area contributed by atoms with Crippen molar-refractivity contribution in [1.82, 2.24) is 10.2 Å². The van der Waals surface area contributed by atoms with E-state index >= 15 is 0 Å². The number of carbonyl (C=O) groups excluding carboxylic acids is 1. The van der Waals surface area contributed by atoms with Crippen molar-refractivity contribution in [3.63, 3.8) is 0 Å². The number of hydrogen-bond donors (Lipinski definition) is 1. The van der Waals surface area contributed by atoms with Crippen molar-refractivity contribution in [3.8, 4) is 0 Å². The average Bonchev–Trinajstić information content (AvgIpc) is 2.61. The lowest BCUT2D eigenvalue weighted by molar-refractivity contribution is -0.120. The summed E-state index contributed by atoms with van der Waals surface area (Å²) in [5, 5.41) is 3.42. The predicted molar refractivity (Wildman–Crippen MR) is 105 cm³/mol.